The highest BCUT2D eigenvalue weighted by atomic mass is 35.5. The largest absolute Gasteiger partial charge is 0.339 e. The lowest BCUT2D eigenvalue weighted by atomic mass is 9.91. The molecule has 20 heavy (non-hydrogen) atoms. The molecule has 0 spiro atoms. The van der Waals surface area contributed by atoms with Gasteiger partial charge in [-0.3, -0.25) is 4.90 Å². The van der Waals surface area contributed by atoms with E-state index in [0.717, 1.165) is 18.9 Å². The summed E-state index contributed by atoms with van der Waals surface area (Å²) in [4.78, 5) is 6.90. The molecule has 0 amide bonds. The summed E-state index contributed by atoms with van der Waals surface area (Å²) >= 11 is 0. The molecule has 0 radical (unpaired) electrons. The first kappa shape index (κ1) is 17.4. The molecular weight excluding hydrogens is 276 g/mol. The van der Waals surface area contributed by atoms with Crippen molar-refractivity contribution < 1.29 is 4.52 Å². The second-order valence-corrected chi connectivity index (χ2v) is 6.66. The Kier molecular flexibility index (Phi) is 5.98. The maximum atomic E-state index is 5.91. The third-order valence-electron chi connectivity index (χ3n) is 3.93. The molecule has 1 aliphatic rings. The van der Waals surface area contributed by atoms with Gasteiger partial charge < -0.3 is 10.3 Å². The van der Waals surface area contributed by atoms with Crippen LogP contribution in [0.25, 0.3) is 0 Å². The predicted octanol–water partition coefficient (Wildman–Crippen LogP) is 2.35. The molecule has 2 heterocycles. The van der Waals surface area contributed by atoms with Crippen molar-refractivity contribution >= 4 is 12.4 Å². The van der Waals surface area contributed by atoms with Crippen LogP contribution in [0.2, 0.25) is 0 Å². The van der Waals surface area contributed by atoms with Gasteiger partial charge in [-0.1, -0.05) is 32.9 Å². The maximum Gasteiger partial charge on any atom is 0.232 e. The van der Waals surface area contributed by atoms with Crippen LogP contribution in [0.15, 0.2) is 4.52 Å². The van der Waals surface area contributed by atoms with Gasteiger partial charge in [0.05, 0.1) is 6.54 Å². The van der Waals surface area contributed by atoms with Crippen LogP contribution in [0.5, 0.6) is 0 Å². The molecule has 1 saturated heterocycles. The number of hydrogen-bond acceptors (Lipinski definition) is 5. The molecule has 5 nitrogen and oxygen atoms in total. The molecule has 1 aromatic heterocycles. The number of piperidine rings is 1. The molecule has 2 rings (SSSR count). The lowest BCUT2D eigenvalue weighted by Gasteiger charge is -2.38. The van der Waals surface area contributed by atoms with Crippen LogP contribution >= 0.6 is 12.4 Å². The number of hydrogen-bond donors (Lipinski definition) is 1. The smallest absolute Gasteiger partial charge is 0.232 e. The Bertz CT molecular complexity index is 416. The molecule has 0 aliphatic carbocycles. The van der Waals surface area contributed by atoms with Crippen molar-refractivity contribution in [1.82, 2.24) is 15.0 Å². The quantitative estimate of drug-likeness (QED) is 0.928. The van der Waals surface area contributed by atoms with Crippen molar-refractivity contribution in [2.75, 3.05) is 13.1 Å². The zero-order valence-electron chi connectivity index (χ0n) is 12.9. The first-order valence-corrected chi connectivity index (χ1v) is 7.19. The summed E-state index contributed by atoms with van der Waals surface area (Å²) in [5.74, 6) is 2.13. The topological polar surface area (TPSA) is 68.2 Å². The lowest BCUT2D eigenvalue weighted by molar-refractivity contribution is 0.0954. The van der Waals surface area contributed by atoms with Crippen molar-refractivity contribution in [2.24, 2.45) is 11.7 Å². The highest BCUT2D eigenvalue weighted by molar-refractivity contribution is 5.85. The third kappa shape index (κ3) is 3.93. The highest BCUT2D eigenvalue weighted by Gasteiger charge is 2.29. The standard InChI is InChI=1S/C14H26N4O.ClH/c1-10-6-5-7-18(11(10)8-15)9-12-16-13(19-17-12)14(2,3)4;/h10-11H,5-9,15H2,1-4H3;1H. The Morgan fingerprint density at radius 1 is 1.40 bits per heavy atom. The minimum Gasteiger partial charge on any atom is -0.339 e. The van der Waals surface area contributed by atoms with Crippen molar-refractivity contribution in [3.05, 3.63) is 11.7 Å². The molecule has 2 atom stereocenters. The maximum absolute atomic E-state index is 5.91. The zero-order chi connectivity index (χ0) is 14.0. The Balaban J connectivity index is 0.00000200. The van der Waals surface area contributed by atoms with Crippen molar-refractivity contribution in [3.63, 3.8) is 0 Å². The van der Waals surface area contributed by atoms with Gasteiger partial charge in [0.15, 0.2) is 5.82 Å². The Morgan fingerprint density at radius 2 is 2.10 bits per heavy atom. The molecule has 0 saturated carbocycles. The van der Waals surface area contributed by atoms with Crippen molar-refractivity contribution in [2.45, 2.75) is 58.5 Å². The minimum atomic E-state index is -0.0896. The molecule has 0 bridgehead atoms. The molecule has 1 fully saturated rings. The number of halogens is 1. The fraction of sp³-hybridized carbons (Fsp3) is 0.857. The summed E-state index contributed by atoms with van der Waals surface area (Å²) in [7, 11) is 0. The monoisotopic (exact) mass is 302 g/mol. The summed E-state index contributed by atoms with van der Waals surface area (Å²) in [5, 5.41) is 4.10. The molecule has 116 valence electrons. The van der Waals surface area contributed by atoms with E-state index in [1.54, 1.807) is 0 Å². The molecule has 2 unspecified atom stereocenters. The van der Waals surface area contributed by atoms with E-state index in [1.165, 1.54) is 12.8 Å². The fourth-order valence-electron chi connectivity index (χ4n) is 2.72. The number of aromatic nitrogens is 2. The van der Waals surface area contributed by atoms with Crippen LogP contribution in [0.4, 0.5) is 0 Å². The van der Waals surface area contributed by atoms with Gasteiger partial charge in [0.1, 0.15) is 0 Å². The van der Waals surface area contributed by atoms with E-state index in [4.69, 9.17) is 10.3 Å². The average Bonchev–Trinajstić information content (AvgIpc) is 2.77. The second-order valence-electron chi connectivity index (χ2n) is 6.66. The van der Waals surface area contributed by atoms with Crippen LogP contribution in [-0.2, 0) is 12.0 Å². The SMILES string of the molecule is CC1CCCN(Cc2noc(C(C)(C)C)n2)C1CN.Cl. The normalized spacial score (nSPS) is 24.4. The first-order chi connectivity index (χ1) is 8.91. The van der Waals surface area contributed by atoms with Gasteiger partial charge >= 0.3 is 0 Å². The van der Waals surface area contributed by atoms with Gasteiger partial charge in [-0.2, -0.15) is 4.98 Å². The Hall–Kier alpha value is -0.650. The van der Waals surface area contributed by atoms with Crippen LogP contribution in [-0.4, -0.2) is 34.2 Å². The second kappa shape index (κ2) is 6.87. The van der Waals surface area contributed by atoms with E-state index in [9.17, 15) is 0 Å². The highest BCUT2D eigenvalue weighted by Crippen LogP contribution is 2.25. The minimum absolute atomic E-state index is 0. The molecular formula is C14H27ClN4O. The number of likely N-dealkylation sites (tertiary alicyclic amines) is 1. The molecule has 2 N–H and O–H groups in total. The van der Waals surface area contributed by atoms with E-state index in [2.05, 4.69) is 42.7 Å². The fourth-order valence-corrected chi connectivity index (χ4v) is 2.72. The Labute approximate surface area is 127 Å². The molecule has 1 aliphatic heterocycles. The lowest BCUT2D eigenvalue weighted by Crippen LogP contribution is -2.48. The summed E-state index contributed by atoms with van der Waals surface area (Å²) in [6.45, 7) is 11.0. The first-order valence-electron chi connectivity index (χ1n) is 7.19. The van der Waals surface area contributed by atoms with Gasteiger partial charge in [-0.05, 0) is 25.3 Å². The van der Waals surface area contributed by atoms with Crippen LogP contribution in [0, 0.1) is 5.92 Å². The van der Waals surface area contributed by atoms with Gasteiger partial charge in [0, 0.05) is 18.0 Å². The average molecular weight is 303 g/mol. The molecule has 0 aromatic carbocycles. The van der Waals surface area contributed by atoms with E-state index >= 15 is 0 Å². The molecule has 6 heteroatoms. The van der Waals surface area contributed by atoms with Gasteiger partial charge in [0.2, 0.25) is 5.89 Å². The number of nitrogens with two attached hydrogens (primary N) is 1. The van der Waals surface area contributed by atoms with E-state index in [-0.39, 0.29) is 17.8 Å². The van der Waals surface area contributed by atoms with Crippen LogP contribution in [0.1, 0.15) is 52.3 Å². The summed E-state index contributed by atoms with van der Waals surface area (Å²) < 4.78 is 5.35. The number of rotatable bonds is 3. The zero-order valence-corrected chi connectivity index (χ0v) is 13.7. The van der Waals surface area contributed by atoms with Crippen LogP contribution in [0.3, 0.4) is 0 Å². The predicted molar refractivity (Wildman–Crippen MR) is 81.9 cm³/mol. The van der Waals surface area contributed by atoms with Gasteiger partial charge in [-0.15, -0.1) is 12.4 Å². The summed E-state index contributed by atoms with van der Waals surface area (Å²) in [6, 6.07) is 0.435. The summed E-state index contributed by atoms with van der Waals surface area (Å²) in [6.07, 6.45) is 2.49. The Morgan fingerprint density at radius 3 is 2.65 bits per heavy atom. The van der Waals surface area contributed by atoms with Gasteiger partial charge in [0.25, 0.3) is 0 Å². The van der Waals surface area contributed by atoms with Crippen molar-refractivity contribution in [1.29, 1.82) is 0 Å². The van der Waals surface area contributed by atoms with E-state index in [0.29, 0.717) is 24.4 Å². The van der Waals surface area contributed by atoms with Gasteiger partial charge in [-0.25, -0.2) is 0 Å². The number of nitrogens with zero attached hydrogens (tertiary/aromatic N) is 3. The van der Waals surface area contributed by atoms with Crippen molar-refractivity contribution in [3.8, 4) is 0 Å². The molecule has 1 aromatic rings. The van der Waals surface area contributed by atoms with E-state index < -0.39 is 0 Å². The van der Waals surface area contributed by atoms with E-state index in [1.807, 2.05) is 0 Å². The summed E-state index contributed by atoms with van der Waals surface area (Å²) in [5.41, 5.74) is 5.82. The third-order valence-corrected chi connectivity index (χ3v) is 3.93. The van der Waals surface area contributed by atoms with Crippen LogP contribution < -0.4 is 5.73 Å².